The first kappa shape index (κ1) is 21.2. The summed E-state index contributed by atoms with van der Waals surface area (Å²) in [5.41, 5.74) is 2.30. The third-order valence-electron chi connectivity index (χ3n) is 4.56. The Kier molecular flexibility index (Phi) is 7.96. The van der Waals surface area contributed by atoms with Crippen LogP contribution >= 0.6 is 11.6 Å². The quantitative estimate of drug-likeness (QED) is 0.434. The third kappa shape index (κ3) is 6.51. The maximum absolute atomic E-state index is 6.14. The van der Waals surface area contributed by atoms with Gasteiger partial charge in [0, 0.05) is 17.4 Å². The second-order valence-electron chi connectivity index (χ2n) is 6.87. The summed E-state index contributed by atoms with van der Waals surface area (Å²) < 4.78 is 19.7. The molecule has 0 aliphatic carbocycles. The zero-order valence-corrected chi connectivity index (χ0v) is 17.6. The Labute approximate surface area is 177 Å². The normalized spacial score (nSPS) is 12.0. The SMILES string of the molecule is CCCc1ccc(OCC(Cn2ccnc2)OCc2ccc(Cl)cc2)c(OC)c1. The van der Waals surface area contributed by atoms with Gasteiger partial charge in [-0.2, -0.15) is 0 Å². The first-order chi connectivity index (χ1) is 14.2. The zero-order valence-electron chi connectivity index (χ0n) is 16.9. The van der Waals surface area contributed by atoms with Crippen LogP contribution in [0.25, 0.3) is 0 Å². The summed E-state index contributed by atoms with van der Waals surface area (Å²) in [7, 11) is 1.66. The highest BCUT2D eigenvalue weighted by atomic mass is 35.5. The summed E-state index contributed by atoms with van der Waals surface area (Å²) in [6.45, 7) is 3.68. The molecule has 6 heteroatoms. The number of nitrogens with zero attached hydrogens (tertiary/aromatic N) is 2. The van der Waals surface area contributed by atoms with Crippen LogP contribution in [0.4, 0.5) is 0 Å². The number of aromatic nitrogens is 2. The van der Waals surface area contributed by atoms with Gasteiger partial charge in [-0.05, 0) is 41.8 Å². The van der Waals surface area contributed by atoms with E-state index in [2.05, 4.69) is 18.0 Å². The summed E-state index contributed by atoms with van der Waals surface area (Å²) in [6.07, 6.45) is 7.41. The van der Waals surface area contributed by atoms with Crippen molar-refractivity contribution in [2.75, 3.05) is 13.7 Å². The predicted octanol–water partition coefficient (Wildman–Crippen LogP) is 5.16. The van der Waals surface area contributed by atoms with E-state index in [1.54, 1.807) is 19.6 Å². The molecule has 0 saturated carbocycles. The lowest BCUT2D eigenvalue weighted by Crippen LogP contribution is -2.27. The van der Waals surface area contributed by atoms with Crippen LogP contribution in [0, 0.1) is 0 Å². The lowest BCUT2D eigenvalue weighted by Gasteiger charge is -2.20. The molecule has 0 aliphatic rings. The fraction of sp³-hybridized carbons (Fsp3) is 0.348. The first-order valence-corrected chi connectivity index (χ1v) is 10.2. The van der Waals surface area contributed by atoms with Crippen LogP contribution in [0.1, 0.15) is 24.5 Å². The van der Waals surface area contributed by atoms with Crippen LogP contribution < -0.4 is 9.47 Å². The summed E-state index contributed by atoms with van der Waals surface area (Å²) >= 11 is 5.96. The number of benzene rings is 2. The minimum atomic E-state index is -0.153. The molecule has 1 heterocycles. The zero-order chi connectivity index (χ0) is 20.5. The van der Waals surface area contributed by atoms with Crippen LogP contribution in [0.5, 0.6) is 11.5 Å². The molecule has 1 unspecified atom stereocenters. The Bertz CT molecular complexity index is 866. The molecule has 3 aromatic rings. The minimum absolute atomic E-state index is 0.153. The Morgan fingerprint density at radius 1 is 1.07 bits per heavy atom. The van der Waals surface area contributed by atoms with Gasteiger partial charge in [-0.15, -0.1) is 0 Å². The fourth-order valence-corrected chi connectivity index (χ4v) is 3.16. The first-order valence-electron chi connectivity index (χ1n) is 9.79. The lowest BCUT2D eigenvalue weighted by molar-refractivity contribution is -0.00103. The Morgan fingerprint density at radius 3 is 2.55 bits per heavy atom. The number of hydrogen-bond donors (Lipinski definition) is 0. The molecular weight excluding hydrogens is 388 g/mol. The monoisotopic (exact) mass is 414 g/mol. The Morgan fingerprint density at radius 2 is 1.86 bits per heavy atom. The van der Waals surface area contributed by atoms with E-state index in [0.29, 0.717) is 24.8 Å². The van der Waals surface area contributed by atoms with Gasteiger partial charge >= 0.3 is 0 Å². The number of imidazole rings is 1. The fourth-order valence-electron chi connectivity index (χ4n) is 3.04. The molecule has 0 N–H and O–H groups in total. The van der Waals surface area contributed by atoms with Crippen molar-refractivity contribution in [1.82, 2.24) is 9.55 Å². The number of halogens is 1. The molecule has 0 bridgehead atoms. The molecule has 2 aromatic carbocycles. The van der Waals surface area contributed by atoms with Gasteiger partial charge in [-0.3, -0.25) is 0 Å². The van der Waals surface area contributed by atoms with Crippen molar-refractivity contribution in [3.05, 3.63) is 77.3 Å². The number of rotatable bonds is 11. The van der Waals surface area contributed by atoms with Crippen molar-refractivity contribution >= 4 is 11.6 Å². The van der Waals surface area contributed by atoms with Crippen molar-refractivity contribution in [2.45, 2.75) is 39.0 Å². The van der Waals surface area contributed by atoms with Crippen molar-refractivity contribution < 1.29 is 14.2 Å². The van der Waals surface area contributed by atoms with Crippen LogP contribution in [-0.4, -0.2) is 29.4 Å². The molecule has 0 aliphatic heterocycles. The van der Waals surface area contributed by atoms with Crippen LogP contribution in [0.3, 0.4) is 0 Å². The Balaban J connectivity index is 1.65. The van der Waals surface area contributed by atoms with E-state index in [1.165, 1.54) is 5.56 Å². The average molecular weight is 415 g/mol. The van der Waals surface area contributed by atoms with Crippen molar-refractivity contribution in [1.29, 1.82) is 0 Å². The second-order valence-corrected chi connectivity index (χ2v) is 7.30. The van der Waals surface area contributed by atoms with Gasteiger partial charge in [0.2, 0.25) is 0 Å². The summed E-state index contributed by atoms with van der Waals surface area (Å²) in [5, 5.41) is 0.714. The molecule has 1 atom stereocenters. The molecule has 5 nitrogen and oxygen atoms in total. The molecule has 0 saturated heterocycles. The van der Waals surface area contributed by atoms with Gasteiger partial charge in [0.1, 0.15) is 12.7 Å². The number of hydrogen-bond acceptors (Lipinski definition) is 4. The molecule has 1 aromatic heterocycles. The Hall–Kier alpha value is -2.50. The van der Waals surface area contributed by atoms with Gasteiger partial charge in [-0.1, -0.05) is 43.1 Å². The summed E-state index contributed by atoms with van der Waals surface area (Å²) in [6, 6.07) is 13.8. The molecule has 0 radical (unpaired) electrons. The lowest BCUT2D eigenvalue weighted by atomic mass is 10.1. The topological polar surface area (TPSA) is 45.5 Å². The minimum Gasteiger partial charge on any atom is -0.493 e. The van der Waals surface area contributed by atoms with E-state index in [4.69, 9.17) is 25.8 Å². The van der Waals surface area contributed by atoms with Gasteiger partial charge < -0.3 is 18.8 Å². The molecule has 0 amide bonds. The van der Waals surface area contributed by atoms with Gasteiger partial charge in [-0.25, -0.2) is 4.98 Å². The van der Waals surface area contributed by atoms with E-state index in [-0.39, 0.29) is 6.10 Å². The second kappa shape index (κ2) is 10.9. The number of aryl methyl sites for hydroxylation is 1. The van der Waals surface area contributed by atoms with Gasteiger partial charge in [0.15, 0.2) is 11.5 Å². The van der Waals surface area contributed by atoms with E-state index in [1.807, 2.05) is 47.2 Å². The number of methoxy groups -OCH3 is 1. The highest BCUT2D eigenvalue weighted by molar-refractivity contribution is 6.30. The van der Waals surface area contributed by atoms with Gasteiger partial charge in [0.05, 0.1) is 26.6 Å². The molecule has 3 rings (SSSR count). The molecule has 0 fully saturated rings. The highest BCUT2D eigenvalue weighted by Gasteiger charge is 2.14. The summed E-state index contributed by atoms with van der Waals surface area (Å²) in [5.74, 6) is 1.47. The summed E-state index contributed by atoms with van der Waals surface area (Å²) in [4.78, 5) is 4.11. The van der Waals surface area contributed by atoms with E-state index in [9.17, 15) is 0 Å². The smallest absolute Gasteiger partial charge is 0.161 e. The molecule has 0 spiro atoms. The van der Waals surface area contributed by atoms with Gasteiger partial charge in [0.25, 0.3) is 0 Å². The molecular formula is C23H27ClN2O3. The molecule has 154 valence electrons. The van der Waals surface area contributed by atoms with Crippen LogP contribution in [0.2, 0.25) is 5.02 Å². The predicted molar refractivity (Wildman–Crippen MR) is 115 cm³/mol. The van der Waals surface area contributed by atoms with Crippen LogP contribution in [-0.2, 0) is 24.3 Å². The van der Waals surface area contributed by atoms with E-state index in [0.717, 1.165) is 29.9 Å². The standard InChI is InChI=1S/C23H27ClN2O3/c1-3-4-18-7-10-22(23(13-18)27-2)29-16-21(14-26-12-11-25-17-26)28-15-19-5-8-20(24)9-6-19/h5-13,17,21H,3-4,14-16H2,1-2H3. The van der Waals surface area contributed by atoms with E-state index >= 15 is 0 Å². The van der Waals surface area contributed by atoms with Crippen molar-refractivity contribution in [2.24, 2.45) is 0 Å². The van der Waals surface area contributed by atoms with Crippen molar-refractivity contribution in [3.63, 3.8) is 0 Å². The van der Waals surface area contributed by atoms with Crippen molar-refractivity contribution in [3.8, 4) is 11.5 Å². The van der Waals surface area contributed by atoms with Crippen LogP contribution in [0.15, 0.2) is 61.2 Å². The van der Waals surface area contributed by atoms with E-state index < -0.39 is 0 Å². The highest BCUT2D eigenvalue weighted by Crippen LogP contribution is 2.29. The average Bonchev–Trinajstić information content (AvgIpc) is 3.25. The molecule has 29 heavy (non-hydrogen) atoms. The third-order valence-corrected chi connectivity index (χ3v) is 4.82. The maximum Gasteiger partial charge on any atom is 0.161 e. The number of ether oxygens (including phenoxy) is 3. The maximum atomic E-state index is 6.14. The largest absolute Gasteiger partial charge is 0.493 e.